The van der Waals surface area contributed by atoms with E-state index in [9.17, 15) is 13.2 Å². The second kappa shape index (κ2) is 10.3. The molecule has 32 heavy (non-hydrogen) atoms. The number of morpholine rings is 1. The Morgan fingerprint density at radius 3 is 2.62 bits per heavy atom. The van der Waals surface area contributed by atoms with Crippen molar-refractivity contribution >= 4 is 38.6 Å². The van der Waals surface area contributed by atoms with Crippen LogP contribution in [0.2, 0.25) is 0 Å². The predicted molar refractivity (Wildman–Crippen MR) is 127 cm³/mol. The second-order valence-electron chi connectivity index (χ2n) is 8.13. The summed E-state index contributed by atoms with van der Waals surface area (Å²) in [7, 11) is -3.15. The summed E-state index contributed by atoms with van der Waals surface area (Å²) in [6.45, 7) is 5.85. The largest absolute Gasteiger partial charge is 0.378 e. The molecule has 10 heteroatoms. The molecule has 1 amide bonds. The molecule has 0 unspecified atom stereocenters. The first kappa shape index (κ1) is 23.2. The van der Waals surface area contributed by atoms with Gasteiger partial charge in [-0.05, 0) is 31.4 Å². The van der Waals surface area contributed by atoms with Crippen molar-refractivity contribution in [1.29, 1.82) is 0 Å². The van der Waals surface area contributed by atoms with Crippen LogP contribution in [0.4, 0.5) is 11.4 Å². The van der Waals surface area contributed by atoms with Crippen LogP contribution in [0, 0.1) is 0 Å². The molecule has 0 aliphatic carbocycles. The molecule has 1 N–H and O–H groups in total. The Labute approximate surface area is 193 Å². The van der Waals surface area contributed by atoms with Gasteiger partial charge in [-0.2, -0.15) is 0 Å². The van der Waals surface area contributed by atoms with E-state index in [-0.39, 0.29) is 17.6 Å². The van der Waals surface area contributed by atoms with Gasteiger partial charge in [-0.15, -0.1) is 11.3 Å². The number of para-hydroxylation sites is 2. The first-order valence-electron chi connectivity index (χ1n) is 11.1. The molecule has 0 atom stereocenters. The van der Waals surface area contributed by atoms with Crippen molar-refractivity contribution in [2.75, 3.05) is 55.4 Å². The first-order chi connectivity index (χ1) is 15.5. The zero-order valence-electron chi connectivity index (χ0n) is 18.3. The summed E-state index contributed by atoms with van der Waals surface area (Å²) in [5, 5.41) is 5.72. The Bertz CT molecular complexity index is 1030. The van der Waals surface area contributed by atoms with E-state index in [1.807, 2.05) is 31.2 Å². The molecule has 174 valence electrons. The Morgan fingerprint density at radius 2 is 1.91 bits per heavy atom. The number of hydrogen-bond donors (Lipinski definition) is 1. The highest BCUT2D eigenvalue weighted by Gasteiger charge is 2.29. The minimum atomic E-state index is -3.15. The fourth-order valence-corrected chi connectivity index (χ4v) is 6.71. The summed E-state index contributed by atoms with van der Waals surface area (Å²) in [6, 6.07) is 7.79. The number of aromatic nitrogens is 1. The molecule has 2 fully saturated rings. The van der Waals surface area contributed by atoms with Crippen LogP contribution in [-0.2, 0) is 14.8 Å². The lowest BCUT2D eigenvalue weighted by molar-refractivity contribution is 0.102. The van der Waals surface area contributed by atoms with Gasteiger partial charge in [-0.25, -0.2) is 17.7 Å². The average Bonchev–Trinajstić information content (AvgIpc) is 3.31. The molecule has 1 aromatic heterocycles. The van der Waals surface area contributed by atoms with Gasteiger partial charge in [0.05, 0.1) is 35.3 Å². The Hall–Kier alpha value is -2.01. The summed E-state index contributed by atoms with van der Waals surface area (Å²) in [5.41, 5.74) is 2.16. The fourth-order valence-electron chi connectivity index (χ4n) is 4.19. The van der Waals surface area contributed by atoms with E-state index in [0.717, 1.165) is 42.3 Å². The topological polar surface area (TPSA) is 91.8 Å². The third kappa shape index (κ3) is 5.31. The molecule has 8 nitrogen and oxygen atoms in total. The standard InChI is InChI=1S/C22H30N4O4S2/c1-2-15-32(28,29)26-9-7-17(8-10-26)22-24-19(16-31-22)21(27)23-18-5-3-4-6-20(18)25-11-13-30-14-12-25/h3-6,16-17H,2,7-15H2,1H3,(H,23,27). The fraction of sp³-hybridized carbons (Fsp3) is 0.545. The number of sulfonamides is 1. The molecule has 0 bridgehead atoms. The number of ether oxygens (including phenoxy) is 1. The van der Waals surface area contributed by atoms with Crippen LogP contribution in [0.25, 0.3) is 0 Å². The minimum absolute atomic E-state index is 0.190. The lowest BCUT2D eigenvalue weighted by Gasteiger charge is -2.30. The molecule has 0 radical (unpaired) electrons. The second-order valence-corrected chi connectivity index (χ2v) is 11.1. The first-order valence-corrected chi connectivity index (χ1v) is 13.6. The highest BCUT2D eigenvalue weighted by molar-refractivity contribution is 7.89. The summed E-state index contributed by atoms with van der Waals surface area (Å²) >= 11 is 1.48. The Balaban J connectivity index is 1.39. The molecular weight excluding hydrogens is 448 g/mol. The Kier molecular flexibility index (Phi) is 7.44. The van der Waals surface area contributed by atoms with Crippen LogP contribution >= 0.6 is 11.3 Å². The third-order valence-corrected chi connectivity index (χ3v) is 9.00. The van der Waals surface area contributed by atoms with Crippen LogP contribution in [-0.4, -0.2) is 68.8 Å². The number of carbonyl (C=O) groups excluding carboxylic acids is 1. The Morgan fingerprint density at radius 1 is 1.19 bits per heavy atom. The number of hydrogen-bond acceptors (Lipinski definition) is 7. The molecule has 2 saturated heterocycles. The maximum atomic E-state index is 12.9. The monoisotopic (exact) mass is 478 g/mol. The van der Waals surface area contributed by atoms with E-state index in [1.54, 1.807) is 9.69 Å². The number of anilines is 2. The lowest BCUT2D eigenvalue weighted by atomic mass is 9.99. The lowest BCUT2D eigenvalue weighted by Crippen LogP contribution is -2.39. The SMILES string of the molecule is CCCS(=O)(=O)N1CCC(c2nc(C(=O)Nc3ccccc3N3CCOCC3)cs2)CC1. The normalized spacial score (nSPS) is 18.6. The molecule has 2 aromatic rings. The molecular formula is C22H30N4O4S2. The summed E-state index contributed by atoms with van der Waals surface area (Å²) in [6.07, 6.45) is 2.09. The zero-order valence-corrected chi connectivity index (χ0v) is 20.0. The number of nitrogens with one attached hydrogen (secondary N) is 1. The van der Waals surface area contributed by atoms with E-state index in [1.165, 1.54) is 11.3 Å². The van der Waals surface area contributed by atoms with Crippen LogP contribution in [0.3, 0.4) is 0 Å². The van der Waals surface area contributed by atoms with E-state index in [2.05, 4.69) is 15.2 Å². The summed E-state index contributed by atoms with van der Waals surface area (Å²) < 4.78 is 31.6. The van der Waals surface area contributed by atoms with E-state index in [0.29, 0.717) is 38.4 Å². The van der Waals surface area contributed by atoms with Crippen LogP contribution in [0.15, 0.2) is 29.6 Å². The van der Waals surface area contributed by atoms with Gasteiger partial charge in [-0.1, -0.05) is 19.1 Å². The van der Waals surface area contributed by atoms with Gasteiger partial charge >= 0.3 is 0 Å². The molecule has 2 aliphatic rings. The van der Waals surface area contributed by atoms with Crippen molar-refractivity contribution < 1.29 is 17.9 Å². The van der Waals surface area contributed by atoms with E-state index < -0.39 is 10.0 Å². The number of benzene rings is 1. The van der Waals surface area contributed by atoms with Gasteiger partial charge in [0, 0.05) is 37.5 Å². The average molecular weight is 479 g/mol. The zero-order chi connectivity index (χ0) is 22.6. The van der Waals surface area contributed by atoms with Crippen molar-refractivity contribution in [3.63, 3.8) is 0 Å². The van der Waals surface area contributed by atoms with Gasteiger partial charge in [0.15, 0.2) is 0 Å². The number of piperidine rings is 1. The number of nitrogens with zero attached hydrogens (tertiary/aromatic N) is 3. The molecule has 1 aromatic carbocycles. The number of thiazole rings is 1. The van der Waals surface area contributed by atoms with Crippen molar-refractivity contribution in [2.45, 2.75) is 32.1 Å². The van der Waals surface area contributed by atoms with Crippen molar-refractivity contribution in [1.82, 2.24) is 9.29 Å². The molecule has 4 rings (SSSR count). The van der Waals surface area contributed by atoms with Crippen molar-refractivity contribution in [3.05, 3.63) is 40.3 Å². The van der Waals surface area contributed by atoms with E-state index in [4.69, 9.17) is 4.74 Å². The van der Waals surface area contributed by atoms with Crippen molar-refractivity contribution in [2.24, 2.45) is 0 Å². The molecule has 0 saturated carbocycles. The maximum Gasteiger partial charge on any atom is 0.275 e. The molecule has 3 heterocycles. The summed E-state index contributed by atoms with van der Waals surface area (Å²) in [4.78, 5) is 19.7. The van der Waals surface area contributed by atoms with Gasteiger partial charge in [-0.3, -0.25) is 4.79 Å². The van der Waals surface area contributed by atoms with Gasteiger partial charge in [0.2, 0.25) is 10.0 Å². The molecule has 0 spiro atoms. The predicted octanol–water partition coefficient (Wildman–Crippen LogP) is 3.15. The number of carbonyl (C=O) groups is 1. The highest BCUT2D eigenvalue weighted by Crippen LogP contribution is 2.32. The number of rotatable bonds is 7. The number of amides is 1. The van der Waals surface area contributed by atoms with Gasteiger partial charge in [0.1, 0.15) is 5.69 Å². The van der Waals surface area contributed by atoms with Gasteiger partial charge < -0.3 is 15.0 Å². The molecule has 2 aliphatic heterocycles. The quantitative estimate of drug-likeness (QED) is 0.657. The van der Waals surface area contributed by atoms with Crippen LogP contribution in [0.5, 0.6) is 0 Å². The maximum absolute atomic E-state index is 12.9. The van der Waals surface area contributed by atoms with Crippen LogP contribution < -0.4 is 10.2 Å². The minimum Gasteiger partial charge on any atom is -0.378 e. The third-order valence-electron chi connectivity index (χ3n) is 5.92. The van der Waals surface area contributed by atoms with Crippen molar-refractivity contribution in [3.8, 4) is 0 Å². The highest BCUT2D eigenvalue weighted by atomic mass is 32.2. The smallest absolute Gasteiger partial charge is 0.275 e. The van der Waals surface area contributed by atoms with Gasteiger partial charge in [0.25, 0.3) is 5.91 Å². The van der Waals surface area contributed by atoms with E-state index >= 15 is 0 Å². The summed E-state index contributed by atoms with van der Waals surface area (Å²) in [5.74, 6) is 0.164. The van der Waals surface area contributed by atoms with Crippen LogP contribution in [0.1, 0.15) is 47.6 Å².